The second-order valence-corrected chi connectivity index (χ2v) is 2.76. The predicted molar refractivity (Wildman–Crippen MR) is 59.0 cm³/mol. The summed E-state index contributed by atoms with van der Waals surface area (Å²) in [4.78, 5) is 14.9. The monoisotopic (exact) mass is 203 g/mol. The maximum absolute atomic E-state index is 10.9. The minimum Gasteiger partial charge on any atom is -0.463 e. The third-order valence-electron chi connectivity index (χ3n) is 1.60. The van der Waals surface area contributed by atoms with Crippen molar-refractivity contribution in [2.24, 2.45) is 0 Å². The zero-order chi connectivity index (χ0) is 10.9. The summed E-state index contributed by atoms with van der Waals surface area (Å²) >= 11 is 0. The molecule has 0 N–H and O–H groups in total. The fraction of sp³-hybridized carbons (Fsp3) is 0.167. The molecule has 0 aliphatic carbocycles. The Balaban J connectivity index is 2.43. The molecular formula is C12H13NO2. The second-order valence-electron chi connectivity index (χ2n) is 2.76. The highest BCUT2D eigenvalue weighted by atomic mass is 16.5. The Morgan fingerprint density at radius 2 is 2.40 bits per heavy atom. The lowest BCUT2D eigenvalue weighted by Crippen LogP contribution is -1.98. The van der Waals surface area contributed by atoms with Crippen LogP contribution in [0.3, 0.4) is 0 Å². The summed E-state index contributed by atoms with van der Waals surface area (Å²) in [6, 6.07) is 3.79. The van der Waals surface area contributed by atoms with Crippen molar-refractivity contribution in [2.75, 3.05) is 6.61 Å². The van der Waals surface area contributed by atoms with Crippen LogP contribution in [-0.4, -0.2) is 17.6 Å². The van der Waals surface area contributed by atoms with E-state index in [0.29, 0.717) is 6.61 Å². The van der Waals surface area contributed by atoms with Gasteiger partial charge >= 0.3 is 5.97 Å². The van der Waals surface area contributed by atoms with Gasteiger partial charge in [-0.15, -0.1) is 0 Å². The maximum Gasteiger partial charge on any atom is 0.330 e. The number of esters is 1. The van der Waals surface area contributed by atoms with Crippen LogP contribution in [0.5, 0.6) is 0 Å². The minimum atomic E-state index is -0.326. The van der Waals surface area contributed by atoms with Crippen molar-refractivity contribution >= 4 is 12.0 Å². The van der Waals surface area contributed by atoms with Crippen molar-refractivity contribution in [1.82, 2.24) is 4.98 Å². The average molecular weight is 203 g/mol. The van der Waals surface area contributed by atoms with Crippen molar-refractivity contribution < 1.29 is 9.53 Å². The van der Waals surface area contributed by atoms with E-state index in [1.165, 1.54) is 6.08 Å². The number of aromatic nitrogens is 1. The first kappa shape index (κ1) is 11.2. The highest BCUT2D eigenvalue weighted by molar-refractivity contribution is 5.82. The maximum atomic E-state index is 10.9. The summed E-state index contributed by atoms with van der Waals surface area (Å²) in [5.41, 5.74) is 0.992. The smallest absolute Gasteiger partial charge is 0.330 e. The molecule has 3 nitrogen and oxygen atoms in total. The number of pyridine rings is 1. The van der Waals surface area contributed by atoms with E-state index in [4.69, 9.17) is 4.74 Å². The molecule has 0 aliphatic rings. The molecule has 0 bridgehead atoms. The Kier molecular flexibility index (Phi) is 4.87. The van der Waals surface area contributed by atoms with Gasteiger partial charge in [0.1, 0.15) is 0 Å². The lowest BCUT2D eigenvalue weighted by atomic mass is 10.2. The second kappa shape index (κ2) is 6.54. The van der Waals surface area contributed by atoms with Crippen molar-refractivity contribution in [3.63, 3.8) is 0 Å². The van der Waals surface area contributed by atoms with Crippen LogP contribution in [0.15, 0.2) is 42.8 Å². The van der Waals surface area contributed by atoms with Gasteiger partial charge in [-0.2, -0.15) is 0 Å². The first-order valence-electron chi connectivity index (χ1n) is 4.74. The Bertz CT molecular complexity index is 355. The van der Waals surface area contributed by atoms with Gasteiger partial charge in [-0.25, -0.2) is 4.79 Å². The Labute approximate surface area is 89.1 Å². The van der Waals surface area contributed by atoms with Gasteiger partial charge in [0.15, 0.2) is 0 Å². The van der Waals surface area contributed by atoms with Crippen LogP contribution < -0.4 is 0 Å². The average Bonchev–Trinajstić information content (AvgIpc) is 2.26. The van der Waals surface area contributed by atoms with Gasteiger partial charge in [0.05, 0.1) is 6.61 Å². The van der Waals surface area contributed by atoms with Gasteiger partial charge in [-0.05, 0) is 18.6 Å². The Morgan fingerprint density at radius 3 is 3.07 bits per heavy atom. The van der Waals surface area contributed by atoms with E-state index >= 15 is 0 Å². The van der Waals surface area contributed by atoms with Gasteiger partial charge < -0.3 is 4.74 Å². The van der Waals surface area contributed by atoms with Crippen LogP contribution in [0.4, 0.5) is 0 Å². The zero-order valence-corrected chi connectivity index (χ0v) is 8.59. The van der Waals surface area contributed by atoms with Crippen LogP contribution >= 0.6 is 0 Å². The Morgan fingerprint density at radius 1 is 1.53 bits per heavy atom. The summed E-state index contributed by atoms with van der Waals surface area (Å²) in [6.45, 7) is 2.17. The standard InChI is InChI=1S/C12H13NO2/c1-2-15-12(14)8-4-3-6-11-7-5-9-13-10-11/h3-10H,2H2,1H3/b6-3+,8-4+. The highest BCUT2D eigenvalue weighted by Crippen LogP contribution is 1.98. The van der Waals surface area contributed by atoms with Gasteiger partial charge in [-0.1, -0.05) is 24.3 Å². The molecular weight excluding hydrogens is 190 g/mol. The van der Waals surface area contributed by atoms with E-state index in [2.05, 4.69) is 4.98 Å². The largest absolute Gasteiger partial charge is 0.463 e. The van der Waals surface area contributed by atoms with E-state index in [1.54, 1.807) is 31.5 Å². The summed E-state index contributed by atoms with van der Waals surface area (Å²) in [5, 5.41) is 0. The quantitative estimate of drug-likeness (QED) is 0.428. The topological polar surface area (TPSA) is 39.2 Å². The SMILES string of the molecule is CCOC(=O)/C=C/C=C/c1cccnc1. The summed E-state index contributed by atoms with van der Waals surface area (Å²) in [5.74, 6) is -0.326. The third-order valence-corrected chi connectivity index (χ3v) is 1.60. The number of hydrogen-bond donors (Lipinski definition) is 0. The van der Waals surface area contributed by atoms with Crippen molar-refractivity contribution in [3.05, 3.63) is 48.3 Å². The first-order chi connectivity index (χ1) is 7.33. The first-order valence-corrected chi connectivity index (χ1v) is 4.74. The molecule has 1 rings (SSSR count). The minimum absolute atomic E-state index is 0.326. The van der Waals surface area contributed by atoms with E-state index in [0.717, 1.165) is 5.56 Å². The molecule has 0 fully saturated rings. The molecule has 0 spiro atoms. The molecule has 1 aromatic rings. The number of rotatable bonds is 4. The highest BCUT2D eigenvalue weighted by Gasteiger charge is 1.90. The predicted octanol–water partition coefficient (Wildman–Crippen LogP) is 2.21. The van der Waals surface area contributed by atoms with E-state index < -0.39 is 0 Å². The molecule has 78 valence electrons. The van der Waals surface area contributed by atoms with Crippen LogP contribution in [0.2, 0.25) is 0 Å². The van der Waals surface area contributed by atoms with Crippen LogP contribution in [0, 0.1) is 0 Å². The molecule has 0 unspecified atom stereocenters. The van der Waals surface area contributed by atoms with Gasteiger partial charge in [-0.3, -0.25) is 4.98 Å². The molecule has 15 heavy (non-hydrogen) atoms. The van der Waals surface area contributed by atoms with Crippen LogP contribution in [-0.2, 0) is 9.53 Å². The van der Waals surface area contributed by atoms with Crippen molar-refractivity contribution in [1.29, 1.82) is 0 Å². The summed E-state index contributed by atoms with van der Waals surface area (Å²) in [7, 11) is 0. The molecule has 0 aliphatic heterocycles. The van der Waals surface area contributed by atoms with Crippen molar-refractivity contribution in [2.45, 2.75) is 6.92 Å². The molecule has 0 radical (unpaired) electrons. The molecule has 3 heteroatoms. The number of nitrogens with zero attached hydrogens (tertiary/aromatic N) is 1. The molecule has 0 amide bonds. The lowest BCUT2D eigenvalue weighted by Gasteiger charge is -1.92. The molecule has 0 saturated carbocycles. The number of hydrogen-bond acceptors (Lipinski definition) is 3. The lowest BCUT2D eigenvalue weighted by molar-refractivity contribution is -0.137. The van der Waals surface area contributed by atoms with E-state index in [-0.39, 0.29) is 5.97 Å². The zero-order valence-electron chi connectivity index (χ0n) is 8.59. The molecule has 0 aromatic carbocycles. The summed E-state index contributed by atoms with van der Waals surface area (Å²) in [6.07, 6.45) is 10.1. The van der Waals surface area contributed by atoms with Crippen molar-refractivity contribution in [3.8, 4) is 0 Å². The van der Waals surface area contributed by atoms with E-state index in [1.807, 2.05) is 18.2 Å². The van der Waals surface area contributed by atoms with Gasteiger partial charge in [0.25, 0.3) is 0 Å². The van der Waals surface area contributed by atoms with Gasteiger partial charge in [0.2, 0.25) is 0 Å². The fourth-order valence-electron chi connectivity index (χ4n) is 0.966. The number of allylic oxidation sites excluding steroid dienone is 2. The number of carbonyl (C=O) groups is 1. The Hall–Kier alpha value is -1.90. The normalized spacial score (nSPS) is 11.0. The van der Waals surface area contributed by atoms with E-state index in [9.17, 15) is 4.79 Å². The fourth-order valence-corrected chi connectivity index (χ4v) is 0.966. The number of ether oxygens (including phenoxy) is 1. The molecule has 1 aromatic heterocycles. The summed E-state index contributed by atoms with van der Waals surface area (Å²) < 4.78 is 4.72. The van der Waals surface area contributed by atoms with Crippen LogP contribution in [0.1, 0.15) is 12.5 Å². The van der Waals surface area contributed by atoms with Crippen LogP contribution in [0.25, 0.3) is 6.08 Å². The third kappa shape index (κ3) is 4.76. The molecule has 1 heterocycles. The molecule has 0 saturated heterocycles. The van der Waals surface area contributed by atoms with Gasteiger partial charge in [0, 0.05) is 18.5 Å². The number of carbonyl (C=O) groups excluding carboxylic acids is 1. The molecule has 0 atom stereocenters.